The van der Waals surface area contributed by atoms with Crippen LogP contribution in [0.4, 0.5) is 15.3 Å². The van der Waals surface area contributed by atoms with Gasteiger partial charge in [-0.05, 0) is 47.2 Å². The molecule has 0 unspecified atom stereocenters. The molecule has 4 aromatic rings. The van der Waals surface area contributed by atoms with E-state index in [9.17, 15) is 14.4 Å². The standard InChI is InChI=1S/C37H41N5O6/c1-46-37(45)42-34(33(28-13-4-2-5-14-28)29-15-6-3-7-16-29)35(43)41-32-17-9-8-12-27(32)18-19-31-23-39-30(24-47-31)25-48-36(44)40-22-26-11-10-20-38-21-26/h2-17,20-21,30-31,33-34,39H,18-19,22-25H2,1H3,(H,40,44)(H,41,43)(H,42,45)/t30-,31+,34-/m0/s1. The molecule has 11 nitrogen and oxygen atoms in total. The average molecular weight is 652 g/mol. The number of carbonyl (C=O) groups excluding carboxylic acids is 3. The van der Waals surface area contributed by atoms with E-state index in [1.807, 2.05) is 97.1 Å². The number of hydrogen-bond donors (Lipinski definition) is 4. The normalized spacial score (nSPS) is 16.4. The highest BCUT2D eigenvalue weighted by Crippen LogP contribution is 2.30. The van der Waals surface area contributed by atoms with Crippen LogP contribution in [0.2, 0.25) is 0 Å². The van der Waals surface area contributed by atoms with Crippen molar-refractivity contribution in [2.45, 2.75) is 43.5 Å². The molecule has 3 amide bonds. The Morgan fingerprint density at radius 1 is 0.917 bits per heavy atom. The van der Waals surface area contributed by atoms with Crippen molar-refractivity contribution < 1.29 is 28.6 Å². The number of methoxy groups -OCH3 is 1. The van der Waals surface area contributed by atoms with Crippen LogP contribution in [0.1, 0.15) is 34.6 Å². The van der Waals surface area contributed by atoms with Crippen molar-refractivity contribution in [2.24, 2.45) is 0 Å². The monoisotopic (exact) mass is 651 g/mol. The number of hydrogen-bond acceptors (Lipinski definition) is 8. The number of benzene rings is 3. The summed E-state index contributed by atoms with van der Waals surface area (Å²) < 4.78 is 16.4. The van der Waals surface area contributed by atoms with Crippen LogP contribution in [0.5, 0.6) is 0 Å². The summed E-state index contributed by atoms with van der Waals surface area (Å²) in [6.07, 6.45) is 3.47. The fourth-order valence-electron chi connectivity index (χ4n) is 5.64. The lowest BCUT2D eigenvalue weighted by Gasteiger charge is -2.30. The number of para-hydroxylation sites is 1. The summed E-state index contributed by atoms with van der Waals surface area (Å²) in [6, 6.07) is 29.5. The van der Waals surface area contributed by atoms with Gasteiger partial charge in [-0.3, -0.25) is 9.78 Å². The minimum atomic E-state index is -0.960. The van der Waals surface area contributed by atoms with Crippen LogP contribution in [0, 0.1) is 0 Å². The SMILES string of the molecule is COC(=O)N[C@H](C(=O)Nc1ccccc1CC[C@@H]1CN[C@H](COC(=O)NCc2cccnc2)CO1)C(c1ccccc1)c1ccccc1. The number of rotatable bonds is 13. The first-order chi connectivity index (χ1) is 23.5. The van der Waals surface area contributed by atoms with Gasteiger partial charge < -0.3 is 35.5 Å². The van der Waals surface area contributed by atoms with Gasteiger partial charge in [0.25, 0.3) is 0 Å². The number of carbonyl (C=O) groups is 3. The van der Waals surface area contributed by atoms with Crippen LogP contribution >= 0.6 is 0 Å². The number of nitrogens with one attached hydrogen (secondary N) is 4. The zero-order chi connectivity index (χ0) is 33.6. The molecule has 11 heteroatoms. The summed E-state index contributed by atoms with van der Waals surface area (Å²) in [7, 11) is 1.28. The van der Waals surface area contributed by atoms with E-state index >= 15 is 0 Å². The Bertz CT molecular complexity index is 1560. The summed E-state index contributed by atoms with van der Waals surface area (Å²) in [5, 5.41) is 12.0. The number of morpholine rings is 1. The fraction of sp³-hybridized carbons (Fsp3) is 0.297. The van der Waals surface area contributed by atoms with E-state index in [-0.39, 0.29) is 24.7 Å². The van der Waals surface area contributed by atoms with Gasteiger partial charge in [0, 0.05) is 37.1 Å². The Morgan fingerprint density at radius 2 is 1.62 bits per heavy atom. The first-order valence-corrected chi connectivity index (χ1v) is 16.0. The van der Waals surface area contributed by atoms with Gasteiger partial charge in [0.05, 0.1) is 25.9 Å². The van der Waals surface area contributed by atoms with Gasteiger partial charge in [0.15, 0.2) is 0 Å². The second-order valence-corrected chi connectivity index (χ2v) is 11.5. The van der Waals surface area contributed by atoms with Crippen LogP contribution in [-0.2, 0) is 32.0 Å². The van der Waals surface area contributed by atoms with Crippen LogP contribution < -0.4 is 21.3 Å². The van der Waals surface area contributed by atoms with E-state index in [1.165, 1.54) is 7.11 Å². The van der Waals surface area contributed by atoms with Crippen molar-refractivity contribution in [1.29, 1.82) is 0 Å². The molecular weight excluding hydrogens is 610 g/mol. The molecule has 0 saturated carbocycles. The summed E-state index contributed by atoms with van der Waals surface area (Å²) in [6.45, 7) is 1.53. The molecule has 1 fully saturated rings. The molecule has 4 N–H and O–H groups in total. The highest BCUT2D eigenvalue weighted by molar-refractivity contribution is 5.98. The van der Waals surface area contributed by atoms with E-state index < -0.39 is 24.1 Å². The first-order valence-electron chi connectivity index (χ1n) is 16.0. The molecule has 0 spiro atoms. The topological polar surface area (TPSA) is 140 Å². The van der Waals surface area contributed by atoms with E-state index in [0.29, 0.717) is 38.2 Å². The number of aryl methyl sites for hydroxylation is 1. The molecule has 1 aliphatic rings. The third-order valence-corrected chi connectivity index (χ3v) is 8.15. The van der Waals surface area contributed by atoms with Crippen LogP contribution in [0.15, 0.2) is 109 Å². The minimum Gasteiger partial charge on any atom is -0.453 e. The van der Waals surface area contributed by atoms with Crippen molar-refractivity contribution in [2.75, 3.05) is 32.2 Å². The van der Waals surface area contributed by atoms with Crippen molar-refractivity contribution in [3.8, 4) is 0 Å². The summed E-state index contributed by atoms with van der Waals surface area (Å²) in [5.74, 6) is -0.835. The Kier molecular flexibility index (Phi) is 12.5. The van der Waals surface area contributed by atoms with Gasteiger partial charge >= 0.3 is 12.2 Å². The fourth-order valence-corrected chi connectivity index (χ4v) is 5.64. The zero-order valence-corrected chi connectivity index (χ0v) is 26.8. The second-order valence-electron chi connectivity index (χ2n) is 11.5. The molecule has 2 heterocycles. The Hall–Kier alpha value is -5.26. The van der Waals surface area contributed by atoms with E-state index in [0.717, 1.165) is 22.3 Å². The van der Waals surface area contributed by atoms with Crippen molar-refractivity contribution in [3.63, 3.8) is 0 Å². The Labute approximate surface area is 280 Å². The predicted molar refractivity (Wildman–Crippen MR) is 181 cm³/mol. The van der Waals surface area contributed by atoms with Crippen molar-refractivity contribution in [1.82, 2.24) is 20.9 Å². The molecule has 1 saturated heterocycles. The maximum atomic E-state index is 14.0. The van der Waals surface area contributed by atoms with E-state index in [4.69, 9.17) is 14.2 Å². The van der Waals surface area contributed by atoms with Crippen molar-refractivity contribution in [3.05, 3.63) is 132 Å². The summed E-state index contributed by atoms with van der Waals surface area (Å²) >= 11 is 0. The average Bonchev–Trinajstić information content (AvgIpc) is 3.14. The highest BCUT2D eigenvalue weighted by Gasteiger charge is 2.33. The molecule has 5 rings (SSSR count). The van der Waals surface area contributed by atoms with Crippen LogP contribution in [0.25, 0.3) is 0 Å². The number of pyridine rings is 1. The molecule has 48 heavy (non-hydrogen) atoms. The number of nitrogens with zero attached hydrogens (tertiary/aromatic N) is 1. The third-order valence-electron chi connectivity index (χ3n) is 8.15. The molecule has 250 valence electrons. The minimum absolute atomic E-state index is 0.0568. The van der Waals surface area contributed by atoms with Gasteiger partial charge in [0.2, 0.25) is 5.91 Å². The summed E-state index contributed by atoms with van der Waals surface area (Å²) in [4.78, 5) is 42.7. The lowest BCUT2D eigenvalue weighted by Crippen LogP contribution is -2.49. The van der Waals surface area contributed by atoms with Gasteiger partial charge in [-0.1, -0.05) is 84.9 Å². The molecule has 1 aromatic heterocycles. The van der Waals surface area contributed by atoms with E-state index in [2.05, 4.69) is 26.3 Å². The lowest BCUT2D eigenvalue weighted by atomic mass is 9.84. The van der Waals surface area contributed by atoms with Gasteiger partial charge in [-0.2, -0.15) is 0 Å². The lowest BCUT2D eigenvalue weighted by molar-refractivity contribution is -0.118. The maximum absolute atomic E-state index is 14.0. The quantitative estimate of drug-likeness (QED) is 0.162. The molecule has 3 aromatic carbocycles. The molecule has 0 bridgehead atoms. The predicted octanol–water partition coefficient (Wildman–Crippen LogP) is 4.79. The second kappa shape index (κ2) is 17.6. The molecule has 1 aliphatic heterocycles. The Balaban J connectivity index is 1.17. The maximum Gasteiger partial charge on any atom is 0.407 e. The zero-order valence-electron chi connectivity index (χ0n) is 26.8. The third kappa shape index (κ3) is 9.87. The molecular formula is C37H41N5O6. The van der Waals surface area contributed by atoms with Gasteiger partial charge in [0.1, 0.15) is 12.6 Å². The number of aromatic nitrogens is 1. The number of ether oxygens (including phenoxy) is 3. The first kappa shape index (κ1) is 34.1. The Morgan fingerprint density at radius 3 is 2.27 bits per heavy atom. The van der Waals surface area contributed by atoms with Crippen LogP contribution in [-0.4, -0.2) is 68.1 Å². The van der Waals surface area contributed by atoms with Gasteiger partial charge in [-0.25, -0.2) is 9.59 Å². The van der Waals surface area contributed by atoms with E-state index in [1.54, 1.807) is 12.4 Å². The number of amides is 3. The van der Waals surface area contributed by atoms with Gasteiger partial charge in [-0.15, -0.1) is 0 Å². The van der Waals surface area contributed by atoms with Crippen LogP contribution in [0.3, 0.4) is 0 Å². The highest BCUT2D eigenvalue weighted by atomic mass is 16.6. The summed E-state index contributed by atoms with van der Waals surface area (Å²) in [5.41, 5.74) is 4.25. The number of alkyl carbamates (subject to hydrolysis) is 2. The largest absolute Gasteiger partial charge is 0.453 e. The number of anilines is 1. The van der Waals surface area contributed by atoms with Crippen molar-refractivity contribution >= 4 is 23.8 Å². The molecule has 0 radical (unpaired) electrons. The molecule has 3 atom stereocenters. The molecule has 0 aliphatic carbocycles. The smallest absolute Gasteiger partial charge is 0.407 e.